The summed E-state index contributed by atoms with van der Waals surface area (Å²) >= 11 is 3.57. The van der Waals surface area contributed by atoms with Crippen LogP contribution in [-0.4, -0.2) is 59.0 Å². The molecule has 0 saturated carbocycles. The summed E-state index contributed by atoms with van der Waals surface area (Å²) in [5.41, 5.74) is 13.3. The lowest BCUT2D eigenvalue weighted by Crippen LogP contribution is -2.39. The molecular weight excluding hydrogens is 374 g/mol. The summed E-state index contributed by atoms with van der Waals surface area (Å²) in [4.78, 5) is 4.84. The second-order valence-corrected chi connectivity index (χ2v) is 6.85. The Balaban J connectivity index is 1.74. The lowest BCUT2D eigenvalue weighted by Gasteiger charge is -2.23. The number of halogens is 1. The van der Waals surface area contributed by atoms with Gasteiger partial charge in [-0.15, -0.1) is 0 Å². The van der Waals surface area contributed by atoms with Crippen LogP contribution in [-0.2, 0) is 11.2 Å². The van der Waals surface area contributed by atoms with Crippen LogP contribution in [0.5, 0.6) is 0 Å². The van der Waals surface area contributed by atoms with Crippen molar-refractivity contribution in [3.05, 3.63) is 28.1 Å². The van der Waals surface area contributed by atoms with Gasteiger partial charge in [-0.25, -0.2) is 10.4 Å². The van der Waals surface area contributed by atoms with Crippen molar-refractivity contribution in [1.29, 1.82) is 0 Å². The molecule has 0 radical (unpaired) electrons. The molecule has 0 bridgehead atoms. The fraction of sp³-hybridized carbons (Fsp3) is 0.467. The van der Waals surface area contributed by atoms with Crippen LogP contribution in [0.2, 0.25) is 0 Å². The first-order valence-electron chi connectivity index (χ1n) is 7.95. The first-order valence-corrected chi connectivity index (χ1v) is 8.74. The Kier molecular flexibility index (Phi) is 4.17. The molecule has 0 aromatic carbocycles. The standard InChI is InChI=1S/C15H20BrN7O/c1-22-8-9(5-19-22)11-7-20-23-14(17)13(16)12(21-15(11)23)4-10-6-18-2-3-24-10/h7-8,10,18-19H,2-6,17H2,1H3. The molecule has 0 spiro atoms. The Bertz CT molecular complexity index is 797. The maximum absolute atomic E-state index is 6.28. The molecule has 2 aromatic rings. The molecule has 8 nitrogen and oxygen atoms in total. The number of hydrazine groups is 1. The lowest BCUT2D eigenvalue weighted by molar-refractivity contribution is 0.0286. The van der Waals surface area contributed by atoms with Crippen molar-refractivity contribution in [3.63, 3.8) is 0 Å². The van der Waals surface area contributed by atoms with Crippen molar-refractivity contribution in [2.24, 2.45) is 0 Å². The third kappa shape index (κ3) is 2.77. The van der Waals surface area contributed by atoms with Crippen LogP contribution in [0.4, 0.5) is 5.82 Å². The molecule has 4 rings (SSSR count). The summed E-state index contributed by atoms with van der Waals surface area (Å²) < 4.78 is 8.27. The number of ether oxygens (including phenoxy) is 1. The molecule has 2 aromatic heterocycles. The predicted octanol–water partition coefficient (Wildman–Crippen LogP) is 0.396. The summed E-state index contributed by atoms with van der Waals surface area (Å²) in [6.07, 6.45) is 4.68. The van der Waals surface area contributed by atoms with Crippen LogP contribution < -0.4 is 16.5 Å². The minimum Gasteiger partial charge on any atom is -0.383 e. The number of nitrogens with zero attached hydrogens (tertiary/aromatic N) is 4. The monoisotopic (exact) mass is 393 g/mol. The largest absolute Gasteiger partial charge is 0.383 e. The fourth-order valence-electron chi connectivity index (χ4n) is 3.07. The van der Waals surface area contributed by atoms with Gasteiger partial charge in [-0.2, -0.15) is 9.61 Å². The zero-order valence-electron chi connectivity index (χ0n) is 13.4. The van der Waals surface area contributed by atoms with Gasteiger partial charge in [0.1, 0.15) is 5.82 Å². The van der Waals surface area contributed by atoms with E-state index in [1.807, 2.05) is 24.5 Å². The van der Waals surface area contributed by atoms with Gasteiger partial charge in [0.25, 0.3) is 0 Å². The number of aromatic nitrogens is 3. The third-order valence-electron chi connectivity index (χ3n) is 4.33. The molecule has 1 unspecified atom stereocenters. The molecule has 1 atom stereocenters. The minimum absolute atomic E-state index is 0.106. The van der Waals surface area contributed by atoms with Crippen molar-refractivity contribution < 1.29 is 4.74 Å². The summed E-state index contributed by atoms with van der Waals surface area (Å²) in [7, 11) is 1.97. The van der Waals surface area contributed by atoms with Crippen molar-refractivity contribution in [2.45, 2.75) is 12.5 Å². The van der Waals surface area contributed by atoms with Crippen LogP contribution in [0, 0.1) is 0 Å². The average molecular weight is 394 g/mol. The number of hydrogen-bond acceptors (Lipinski definition) is 7. The summed E-state index contributed by atoms with van der Waals surface area (Å²) in [5.74, 6) is 0.560. The summed E-state index contributed by atoms with van der Waals surface area (Å²) in [6, 6.07) is 0. The molecule has 2 aliphatic rings. The number of rotatable bonds is 3. The highest BCUT2D eigenvalue weighted by Crippen LogP contribution is 2.29. The zero-order chi connectivity index (χ0) is 16.7. The fourth-order valence-corrected chi connectivity index (χ4v) is 3.49. The Morgan fingerprint density at radius 2 is 2.38 bits per heavy atom. The van der Waals surface area contributed by atoms with Gasteiger partial charge in [-0.3, -0.25) is 0 Å². The molecule has 128 valence electrons. The Labute approximate surface area is 148 Å². The smallest absolute Gasteiger partial charge is 0.165 e. The van der Waals surface area contributed by atoms with E-state index < -0.39 is 0 Å². The number of hydrogen-bond donors (Lipinski definition) is 3. The molecule has 4 heterocycles. The van der Waals surface area contributed by atoms with Gasteiger partial charge < -0.3 is 20.8 Å². The molecular formula is C15H20BrN7O. The van der Waals surface area contributed by atoms with Crippen LogP contribution in [0.25, 0.3) is 11.2 Å². The Morgan fingerprint density at radius 1 is 1.50 bits per heavy atom. The number of nitrogen functional groups attached to an aromatic ring is 1. The van der Waals surface area contributed by atoms with Gasteiger partial charge in [0, 0.05) is 44.9 Å². The number of nitrogens with one attached hydrogen (secondary N) is 2. The number of nitrogens with two attached hydrogens (primary N) is 1. The van der Waals surface area contributed by atoms with Crippen molar-refractivity contribution in [3.8, 4) is 0 Å². The van der Waals surface area contributed by atoms with E-state index in [0.29, 0.717) is 12.2 Å². The topological polar surface area (TPSA) is 92.7 Å². The van der Waals surface area contributed by atoms with E-state index in [-0.39, 0.29) is 6.10 Å². The van der Waals surface area contributed by atoms with Crippen LogP contribution in [0.1, 0.15) is 11.3 Å². The number of anilines is 1. The molecule has 9 heteroatoms. The van der Waals surface area contributed by atoms with E-state index in [2.05, 4.69) is 31.8 Å². The highest BCUT2D eigenvalue weighted by molar-refractivity contribution is 9.10. The quantitative estimate of drug-likeness (QED) is 0.694. The molecule has 1 saturated heterocycles. The Morgan fingerprint density at radius 3 is 3.08 bits per heavy atom. The maximum Gasteiger partial charge on any atom is 0.165 e. The van der Waals surface area contributed by atoms with Gasteiger partial charge in [0.2, 0.25) is 0 Å². The molecule has 24 heavy (non-hydrogen) atoms. The predicted molar refractivity (Wildman–Crippen MR) is 95.2 cm³/mol. The van der Waals surface area contributed by atoms with Gasteiger partial charge in [0.15, 0.2) is 5.65 Å². The minimum atomic E-state index is 0.106. The summed E-state index contributed by atoms with van der Waals surface area (Å²) in [5, 5.41) is 9.68. The van der Waals surface area contributed by atoms with Gasteiger partial charge in [-0.05, 0) is 21.5 Å². The average Bonchev–Trinajstić information content (AvgIpc) is 3.19. The SMILES string of the molecule is CN1C=C(c2cnn3c(N)c(Br)c(CC4CNCCO4)nc23)CN1. The molecule has 0 aliphatic carbocycles. The first-order chi connectivity index (χ1) is 11.6. The van der Waals surface area contributed by atoms with E-state index in [1.54, 1.807) is 4.52 Å². The first kappa shape index (κ1) is 15.8. The zero-order valence-corrected chi connectivity index (χ0v) is 15.0. The van der Waals surface area contributed by atoms with Crippen LogP contribution in [0.15, 0.2) is 16.9 Å². The Hall–Kier alpha value is -1.68. The van der Waals surface area contributed by atoms with Crippen molar-refractivity contribution in [2.75, 3.05) is 39.0 Å². The van der Waals surface area contributed by atoms with E-state index in [4.69, 9.17) is 15.5 Å². The number of morpholine rings is 1. The summed E-state index contributed by atoms with van der Waals surface area (Å²) in [6.45, 7) is 3.20. The van der Waals surface area contributed by atoms with Crippen LogP contribution >= 0.6 is 15.9 Å². The molecule has 1 fully saturated rings. The molecule has 2 aliphatic heterocycles. The third-order valence-corrected chi connectivity index (χ3v) is 5.19. The maximum atomic E-state index is 6.28. The second kappa shape index (κ2) is 6.32. The van der Waals surface area contributed by atoms with Crippen LogP contribution in [0.3, 0.4) is 0 Å². The van der Waals surface area contributed by atoms with E-state index in [9.17, 15) is 0 Å². The van der Waals surface area contributed by atoms with Gasteiger partial charge in [-0.1, -0.05) is 0 Å². The van der Waals surface area contributed by atoms with E-state index in [1.165, 1.54) is 0 Å². The number of fused-ring (bicyclic) bond motifs is 1. The molecule has 0 amide bonds. The van der Waals surface area contributed by atoms with E-state index >= 15 is 0 Å². The second-order valence-electron chi connectivity index (χ2n) is 6.05. The lowest BCUT2D eigenvalue weighted by atomic mass is 10.1. The molecule has 4 N–H and O–H groups in total. The van der Waals surface area contributed by atoms with Gasteiger partial charge >= 0.3 is 0 Å². The van der Waals surface area contributed by atoms with Gasteiger partial charge in [0.05, 0.1) is 29.1 Å². The van der Waals surface area contributed by atoms with Crippen molar-refractivity contribution in [1.82, 2.24) is 30.3 Å². The highest BCUT2D eigenvalue weighted by atomic mass is 79.9. The van der Waals surface area contributed by atoms with Crippen molar-refractivity contribution >= 4 is 33.0 Å². The van der Waals surface area contributed by atoms with E-state index in [0.717, 1.165) is 53.2 Å². The normalized spacial score (nSPS) is 21.5. The highest BCUT2D eigenvalue weighted by Gasteiger charge is 2.22.